The van der Waals surface area contributed by atoms with Crippen molar-refractivity contribution in [2.75, 3.05) is 13.6 Å². The van der Waals surface area contributed by atoms with Crippen molar-refractivity contribution in [3.8, 4) is 5.69 Å². The third-order valence-electron chi connectivity index (χ3n) is 4.67. The van der Waals surface area contributed by atoms with Gasteiger partial charge in [0.25, 0.3) is 0 Å². The van der Waals surface area contributed by atoms with Crippen molar-refractivity contribution in [2.24, 2.45) is 4.99 Å². The molecule has 0 aliphatic rings. The first-order valence-corrected chi connectivity index (χ1v) is 9.74. The molecular weight excluding hydrogens is 352 g/mol. The SMILES string of the molecule is CCc1noc(CC)c1CNC(=NC)NCCc1ccc(-n2cccn2)cc1. The minimum Gasteiger partial charge on any atom is -0.361 e. The average molecular weight is 380 g/mol. The Morgan fingerprint density at radius 1 is 1.14 bits per heavy atom. The molecule has 3 aromatic rings. The molecule has 0 spiro atoms. The highest BCUT2D eigenvalue weighted by atomic mass is 16.5. The Morgan fingerprint density at radius 2 is 1.96 bits per heavy atom. The van der Waals surface area contributed by atoms with Crippen LogP contribution in [0.5, 0.6) is 0 Å². The van der Waals surface area contributed by atoms with E-state index in [9.17, 15) is 0 Å². The molecule has 0 amide bonds. The van der Waals surface area contributed by atoms with Crippen LogP contribution in [0, 0.1) is 0 Å². The zero-order valence-corrected chi connectivity index (χ0v) is 16.8. The Hall–Kier alpha value is -3.09. The van der Waals surface area contributed by atoms with E-state index in [1.807, 2.05) is 16.9 Å². The summed E-state index contributed by atoms with van der Waals surface area (Å²) in [5.74, 6) is 1.72. The molecule has 7 nitrogen and oxygen atoms in total. The van der Waals surface area contributed by atoms with E-state index in [0.717, 1.165) is 54.5 Å². The highest BCUT2D eigenvalue weighted by Crippen LogP contribution is 2.15. The van der Waals surface area contributed by atoms with E-state index in [-0.39, 0.29) is 0 Å². The fraction of sp³-hybridized carbons (Fsp3) is 0.381. The zero-order valence-electron chi connectivity index (χ0n) is 16.8. The summed E-state index contributed by atoms with van der Waals surface area (Å²) >= 11 is 0. The minimum atomic E-state index is 0.661. The van der Waals surface area contributed by atoms with Gasteiger partial charge in [0, 0.05) is 44.5 Å². The summed E-state index contributed by atoms with van der Waals surface area (Å²) in [6, 6.07) is 10.4. The molecule has 0 aliphatic carbocycles. The van der Waals surface area contributed by atoms with Gasteiger partial charge in [-0.15, -0.1) is 0 Å². The molecule has 0 radical (unpaired) electrons. The smallest absolute Gasteiger partial charge is 0.191 e. The van der Waals surface area contributed by atoms with Crippen LogP contribution in [0.1, 0.15) is 36.4 Å². The Balaban J connectivity index is 1.49. The lowest BCUT2D eigenvalue weighted by Gasteiger charge is -2.12. The molecule has 0 aliphatic heterocycles. The molecule has 2 aromatic heterocycles. The maximum Gasteiger partial charge on any atom is 0.191 e. The van der Waals surface area contributed by atoms with Gasteiger partial charge in [-0.05, 0) is 36.6 Å². The molecule has 0 saturated carbocycles. The van der Waals surface area contributed by atoms with Crippen molar-refractivity contribution in [3.63, 3.8) is 0 Å². The number of rotatable bonds is 8. The highest BCUT2D eigenvalue weighted by Gasteiger charge is 2.13. The largest absolute Gasteiger partial charge is 0.361 e. The van der Waals surface area contributed by atoms with Crippen molar-refractivity contribution in [1.82, 2.24) is 25.6 Å². The van der Waals surface area contributed by atoms with E-state index in [2.05, 4.69) is 64.0 Å². The fourth-order valence-electron chi connectivity index (χ4n) is 3.09. The van der Waals surface area contributed by atoms with Gasteiger partial charge in [0.05, 0.1) is 11.4 Å². The molecule has 0 fully saturated rings. The van der Waals surface area contributed by atoms with Crippen molar-refractivity contribution in [1.29, 1.82) is 0 Å². The number of aromatic nitrogens is 3. The van der Waals surface area contributed by atoms with Gasteiger partial charge in [-0.1, -0.05) is 31.1 Å². The van der Waals surface area contributed by atoms with Crippen LogP contribution in [-0.4, -0.2) is 34.5 Å². The molecule has 28 heavy (non-hydrogen) atoms. The first-order valence-electron chi connectivity index (χ1n) is 9.74. The number of aliphatic imine (C=N–C) groups is 1. The van der Waals surface area contributed by atoms with Gasteiger partial charge in [0.2, 0.25) is 0 Å². The second kappa shape index (κ2) is 9.73. The maximum atomic E-state index is 5.42. The van der Waals surface area contributed by atoms with Crippen molar-refractivity contribution >= 4 is 5.96 Å². The van der Waals surface area contributed by atoms with Crippen LogP contribution in [0.3, 0.4) is 0 Å². The quantitative estimate of drug-likeness (QED) is 0.464. The second-order valence-corrected chi connectivity index (χ2v) is 6.46. The third-order valence-corrected chi connectivity index (χ3v) is 4.67. The fourth-order valence-corrected chi connectivity index (χ4v) is 3.09. The lowest BCUT2D eigenvalue weighted by molar-refractivity contribution is 0.380. The summed E-state index contributed by atoms with van der Waals surface area (Å²) in [4.78, 5) is 4.31. The van der Waals surface area contributed by atoms with Gasteiger partial charge in [-0.3, -0.25) is 4.99 Å². The Bertz CT molecular complexity index is 859. The number of nitrogens with one attached hydrogen (secondary N) is 2. The van der Waals surface area contributed by atoms with Crippen LogP contribution < -0.4 is 10.6 Å². The van der Waals surface area contributed by atoms with Gasteiger partial charge < -0.3 is 15.2 Å². The highest BCUT2D eigenvalue weighted by molar-refractivity contribution is 5.79. The number of benzene rings is 1. The molecule has 0 bridgehead atoms. The Morgan fingerprint density at radius 3 is 2.61 bits per heavy atom. The van der Waals surface area contributed by atoms with Gasteiger partial charge in [-0.2, -0.15) is 5.10 Å². The first-order chi connectivity index (χ1) is 13.7. The molecule has 7 heteroatoms. The van der Waals surface area contributed by atoms with E-state index in [0.29, 0.717) is 6.54 Å². The number of nitrogens with zero attached hydrogens (tertiary/aromatic N) is 4. The first kappa shape index (κ1) is 19.7. The Labute approximate surface area is 165 Å². The van der Waals surface area contributed by atoms with Crippen molar-refractivity contribution in [3.05, 3.63) is 65.3 Å². The van der Waals surface area contributed by atoms with E-state index in [1.54, 1.807) is 13.2 Å². The minimum absolute atomic E-state index is 0.661. The van der Waals surface area contributed by atoms with E-state index < -0.39 is 0 Å². The Kier molecular flexibility index (Phi) is 6.84. The van der Waals surface area contributed by atoms with Gasteiger partial charge in [0.15, 0.2) is 5.96 Å². The van der Waals surface area contributed by atoms with Crippen LogP contribution in [-0.2, 0) is 25.8 Å². The summed E-state index contributed by atoms with van der Waals surface area (Å²) in [6.07, 6.45) is 6.33. The summed E-state index contributed by atoms with van der Waals surface area (Å²) in [5, 5.41) is 15.1. The summed E-state index contributed by atoms with van der Waals surface area (Å²) in [7, 11) is 1.78. The molecule has 148 valence electrons. The lowest BCUT2D eigenvalue weighted by Crippen LogP contribution is -2.38. The lowest BCUT2D eigenvalue weighted by atomic mass is 10.1. The number of guanidine groups is 1. The average Bonchev–Trinajstić information content (AvgIpc) is 3.40. The topological polar surface area (TPSA) is 80.3 Å². The summed E-state index contributed by atoms with van der Waals surface area (Å²) in [5.41, 5.74) is 4.48. The standard InChI is InChI=1S/C21H28N6O/c1-4-19-18(20(5-2)28-26-19)15-24-21(22-3)23-13-11-16-7-9-17(10-8-16)27-14-6-12-25-27/h6-10,12,14H,4-5,11,13,15H2,1-3H3,(H2,22,23,24). The van der Waals surface area contributed by atoms with Crippen LogP contribution in [0.15, 0.2) is 52.2 Å². The molecule has 3 rings (SSSR count). The molecule has 2 N–H and O–H groups in total. The maximum absolute atomic E-state index is 5.42. The molecule has 2 heterocycles. The molecule has 1 aromatic carbocycles. The van der Waals surface area contributed by atoms with Crippen molar-refractivity contribution < 1.29 is 4.52 Å². The van der Waals surface area contributed by atoms with E-state index in [4.69, 9.17) is 4.52 Å². The predicted molar refractivity (Wildman–Crippen MR) is 111 cm³/mol. The molecular formula is C21H28N6O. The second-order valence-electron chi connectivity index (χ2n) is 6.46. The van der Waals surface area contributed by atoms with Crippen LogP contribution in [0.4, 0.5) is 0 Å². The van der Waals surface area contributed by atoms with Crippen LogP contribution in [0.25, 0.3) is 5.69 Å². The number of hydrogen-bond donors (Lipinski definition) is 2. The van der Waals surface area contributed by atoms with Crippen LogP contribution in [0.2, 0.25) is 0 Å². The molecule has 0 saturated heterocycles. The van der Waals surface area contributed by atoms with Gasteiger partial charge >= 0.3 is 0 Å². The van der Waals surface area contributed by atoms with E-state index >= 15 is 0 Å². The molecule has 0 unspecified atom stereocenters. The monoisotopic (exact) mass is 380 g/mol. The number of hydrogen-bond acceptors (Lipinski definition) is 4. The number of aryl methyl sites for hydroxylation is 2. The van der Waals surface area contributed by atoms with Gasteiger partial charge in [-0.25, -0.2) is 4.68 Å². The van der Waals surface area contributed by atoms with E-state index in [1.165, 1.54) is 5.56 Å². The van der Waals surface area contributed by atoms with Crippen molar-refractivity contribution in [2.45, 2.75) is 39.7 Å². The zero-order chi connectivity index (χ0) is 19.8. The normalized spacial score (nSPS) is 11.6. The summed E-state index contributed by atoms with van der Waals surface area (Å²) < 4.78 is 7.28. The molecule has 0 atom stereocenters. The predicted octanol–water partition coefficient (Wildman–Crippen LogP) is 2.89. The van der Waals surface area contributed by atoms with Crippen LogP contribution >= 0.6 is 0 Å². The third kappa shape index (κ3) is 4.79. The summed E-state index contributed by atoms with van der Waals surface area (Å²) in [6.45, 7) is 5.62. The van der Waals surface area contributed by atoms with Gasteiger partial charge in [0.1, 0.15) is 5.76 Å².